The van der Waals surface area contributed by atoms with Crippen LogP contribution in [-0.4, -0.2) is 40.1 Å². The van der Waals surface area contributed by atoms with Crippen LogP contribution in [0.1, 0.15) is 15.9 Å². The molecule has 0 fully saturated rings. The number of hydrazine groups is 1. The van der Waals surface area contributed by atoms with Crippen molar-refractivity contribution in [2.24, 2.45) is 10.2 Å². The Morgan fingerprint density at radius 1 is 1.25 bits per heavy atom. The van der Waals surface area contributed by atoms with Crippen molar-refractivity contribution in [3.63, 3.8) is 0 Å². The molecule has 1 amide bonds. The first-order valence-electron chi connectivity index (χ1n) is 8.31. The van der Waals surface area contributed by atoms with E-state index in [2.05, 4.69) is 11.1 Å². The molecule has 0 heterocycles. The molecule has 2 rings (SSSR count). The molecule has 0 saturated carbocycles. The number of hydrogen-bond acceptors (Lipinski definition) is 7. The zero-order valence-corrected chi connectivity index (χ0v) is 18.0. The van der Waals surface area contributed by atoms with Crippen LogP contribution in [0.25, 0.3) is 0 Å². The second kappa shape index (κ2) is 8.72. The van der Waals surface area contributed by atoms with E-state index in [4.69, 9.17) is 17.4 Å². The number of sulfonamides is 1. The molecule has 10 nitrogen and oxygen atoms in total. The summed E-state index contributed by atoms with van der Waals surface area (Å²) >= 11 is 6.07. The molecule has 32 heavy (non-hydrogen) atoms. The lowest BCUT2D eigenvalue weighted by Crippen LogP contribution is -2.39. The van der Waals surface area contributed by atoms with Gasteiger partial charge in [0.05, 0.1) is 26.8 Å². The number of hydrogen-bond donors (Lipinski definition) is 1. The fourth-order valence-corrected chi connectivity index (χ4v) is 4.23. The van der Waals surface area contributed by atoms with Crippen molar-refractivity contribution < 1.29 is 31.3 Å². The van der Waals surface area contributed by atoms with Crippen LogP contribution in [0, 0.1) is 10.1 Å². The lowest BCUT2D eigenvalue weighted by atomic mass is 10.1. The van der Waals surface area contributed by atoms with E-state index in [1.165, 1.54) is 25.1 Å². The summed E-state index contributed by atoms with van der Waals surface area (Å²) in [5.74, 6) is 4.41. The average Bonchev–Trinajstić information content (AvgIpc) is 2.70. The third kappa shape index (κ3) is 4.66. The molecule has 0 aliphatic carbocycles. The Morgan fingerprint density at radius 3 is 2.31 bits per heavy atom. The van der Waals surface area contributed by atoms with Gasteiger partial charge in [0.15, 0.2) is 0 Å². The summed E-state index contributed by atoms with van der Waals surface area (Å²) in [7, 11) is -1.68. The quantitative estimate of drug-likeness (QED) is 0.214. The summed E-state index contributed by atoms with van der Waals surface area (Å²) < 4.78 is 66.9. The zero-order chi connectivity index (χ0) is 24.6. The molecule has 0 aliphatic rings. The summed E-state index contributed by atoms with van der Waals surface area (Å²) in [6.45, 7) is 2.96. The molecule has 2 aromatic rings. The van der Waals surface area contributed by atoms with Gasteiger partial charge in [0, 0.05) is 26.9 Å². The van der Waals surface area contributed by atoms with Crippen LogP contribution in [0.2, 0.25) is 5.02 Å². The summed E-state index contributed by atoms with van der Waals surface area (Å²) in [6.07, 6.45) is -4.89. The molecule has 0 atom stereocenters. The van der Waals surface area contributed by atoms with Crippen molar-refractivity contribution in [3.8, 4) is 0 Å². The summed E-state index contributed by atoms with van der Waals surface area (Å²) in [6, 6.07) is 3.50. The maximum atomic E-state index is 13.0. The molecule has 172 valence electrons. The predicted octanol–water partition coefficient (Wildman–Crippen LogP) is 3.24. The number of nitrogens with zero attached hydrogens (tertiary/aromatic N) is 4. The Kier molecular flexibility index (Phi) is 6.82. The lowest BCUT2D eigenvalue weighted by Gasteiger charge is -2.23. The molecule has 0 saturated heterocycles. The molecule has 0 aliphatic heterocycles. The van der Waals surface area contributed by atoms with Crippen molar-refractivity contribution in [1.29, 1.82) is 0 Å². The first-order valence-corrected chi connectivity index (χ1v) is 10.1. The Labute approximate surface area is 184 Å². The van der Waals surface area contributed by atoms with Crippen LogP contribution in [0.4, 0.5) is 30.2 Å². The standard InChI is InChI=1S/C17H15ClF3N5O5S/c1-23-32(30,31)15-10(5-6-11(18)14(15)24(2)3)16(27)25(22)12-7-4-9(17(19,20)21)8-13(12)26(28)29/h4-8H,1,22H2,2-3H3. The van der Waals surface area contributed by atoms with Crippen LogP contribution in [0.5, 0.6) is 0 Å². The Bertz CT molecular complexity index is 1220. The average molecular weight is 494 g/mol. The van der Waals surface area contributed by atoms with Crippen LogP contribution >= 0.6 is 11.6 Å². The first kappa shape index (κ1) is 25.0. The molecular formula is C17H15ClF3N5O5S. The molecular weight excluding hydrogens is 479 g/mol. The van der Waals surface area contributed by atoms with Gasteiger partial charge in [-0.05, 0) is 24.3 Å². The number of nitrogens with two attached hydrogens (primary N) is 1. The molecule has 0 bridgehead atoms. The monoisotopic (exact) mass is 493 g/mol. The van der Waals surface area contributed by atoms with Gasteiger partial charge in [-0.1, -0.05) is 11.6 Å². The van der Waals surface area contributed by atoms with Crippen LogP contribution in [0.15, 0.2) is 39.6 Å². The van der Waals surface area contributed by atoms with E-state index in [0.29, 0.717) is 12.1 Å². The summed E-state index contributed by atoms with van der Waals surface area (Å²) in [4.78, 5) is 23.8. The maximum absolute atomic E-state index is 13.0. The van der Waals surface area contributed by atoms with E-state index in [1.807, 2.05) is 0 Å². The molecule has 0 aromatic heterocycles. The fourth-order valence-electron chi connectivity index (χ4n) is 2.75. The minimum atomic E-state index is -4.89. The third-order valence-electron chi connectivity index (χ3n) is 4.17. The van der Waals surface area contributed by atoms with E-state index in [0.717, 1.165) is 6.07 Å². The van der Waals surface area contributed by atoms with Gasteiger partial charge in [-0.15, -0.1) is 0 Å². The van der Waals surface area contributed by atoms with E-state index >= 15 is 0 Å². The smallest absolute Gasteiger partial charge is 0.375 e. The number of amides is 1. The van der Waals surface area contributed by atoms with Gasteiger partial charge in [0.2, 0.25) is 0 Å². The van der Waals surface area contributed by atoms with Crippen molar-refractivity contribution in [1.82, 2.24) is 0 Å². The second-order valence-electron chi connectivity index (χ2n) is 6.40. The number of carbonyl (C=O) groups is 1. The van der Waals surface area contributed by atoms with Crippen molar-refractivity contribution in [2.75, 3.05) is 24.0 Å². The number of halogens is 4. The third-order valence-corrected chi connectivity index (χ3v) is 5.74. The lowest BCUT2D eigenvalue weighted by molar-refractivity contribution is -0.384. The number of nitro groups is 1. The first-order chi connectivity index (χ1) is 14.6. The SMILES string of the molecule is C=NS(=O)(=O)c1c(C(=O)N(N)c2ccc(C(F)(F)F)cc2[N+](=O)[O-])ccc(Cl)c1N(C)C. The van der Waals surface area contributed by atoms with Crippen LogP contribution < -0.4 is 15.8 Å². The van der Waals surface area contributed by atoms with Crippen molar-refractivity contribution >= 4 is 51.3 Å². The highest BCUT2D eigenvalue weighted by atomic mass is 35.5. The van der Waals surface area contributed by atoms with Gasteiger partial charge in [0.25, 0.3) is 21.6 Å². The minimum absolute atomic E-state index is 0.0714. The van der Waals surface area contributed by atoms with Gasteiger partial charge in [-0.2, -0.15) is 26.0 Å². The van der Waals surface area contributed by atoms with Gasteiger partial charge in [-0.25, -0.2) is 10.9 Å². The molecule has 0 unspecified atom stereocenters. The topological polar surface area (TPSA) is 139 Å². The molecule has 2 aromatic carbocycles. The Hall–Kier alpha value is -3.23. The second-order valence-corrected chi connectivity index (χ2v) is 8.43. The molecule has 0 radical (unpaired) electrons. The molecule has 0 spiro atoms. The highest BCUT2D eigenvalue weighted by Gasteiger charge is 2.36. The Balaban J connectivity index is 2.76. The number of benzene rings is 2. The largest absolute Gasteiger partial charge is 0.416 e. The van der Waals surface area contributed by atoms with Gasteiger partial charge >= 0.3 is 6.18 Å². The van der Waals surface area contributed by atoms with Gasteiger partial charge < -0.3 is 4.90 Å². The fraction of sp³-hybridized carbons (Fsp3) is 0.176. The summed E-state index contributed by atoms with van der Waals surface area (Å²) in [5.41, 5.74) is -3.88. The van der Waals surface area contributed by atoms with Gasteiger partial charge in [-0.3, -0.25) is 14.9 Å². The van der Waals surface area contributed by atoms with Crippen LogP contribution in [0.3, 0.4) is 0 Å². The zero-order valence-electron chi connectivity index (χ0n) is 16.4. The summed E-state index contributed by atoms with van der Waals surface area (Å²) in [5, 5.41) is 11.4. The number of alkyl halides is 3. The number of rotatable bonds is 6. The van der Waals surface area contributed by atoms with Crippen LogP contribution in [-0.2, 0) is 16.2 Å². The molecule has 15 heteroatoms. The highest BCUT2D eigenvalue weighted by molar-refractivity contribution is 7.90. The van der Waals surface area contributed by atoms with Crippen molar-refractivity contribution in [2.45, 2.75) is 11.1 Å². The number of carbonyl (C=O) groups excluding carboxylic acids is 1. The van der Waals surface area contributed by atoms with Gasteiger partial charge in [0.1, 0.15) is 10.6 Å². The Morgan fingerprint density at radius 2 is 1.84 bits per heavy atom. The number of anilines is 2. The molecule has 2 N–H and O–H groups in total. The maximum Gasteiger partial charge on any atom is 0.416 e. The normalized spacial score (nSPS) is 11.7. The van der Waals surface area contributed by atoms with E-state index in [9.17, 15) is 36.5 Å². The predicted molar refractivity (Wildman–Crippen MR) is 112 cm³/mol. The van der Waals surface area contributed by atoms with E-state index in [1.54, 1.807) is 0 Å². The number of nitro benzene ring substituents is 1. The minimum Gasteiger partial charge on any atom is -0.375 e. The highest BCUT2D eigenvalue weighted by Crippen LogP contribution is 2.39. The van der Waals surface area contributed by atoms with E-state index < -0.39 is 54.4 Å². The van der Waals surface area contributed by atoms with E-state index in [-0.39, 0.29) is 21.8 Å². The van der Waals surface area contributed by atoms with Crippen molar-refractivity contribution in [3.05, 3.63) is 56.6 Å².